The number of hydrogen-bond donors (Lipinski definition) is 1. The number of aryl methyl sites for hydroxylation is 1. The topological polar surface area (TPSA) is 35.2 Å². The smallest absolute Gasteiger partial charge is 0.129 e. The Bertz CT molecular complexity index is 554. The Morgan fingerprint density at radius 3 is 2.40 bits per heavy atom. The normalized spacial score (nSPS) is 10.2. The van der Waals surface area contributed by atoms with Gasteiger partial charge in [0.25, 0.3) is 0 Å². The first-order valence-electron chi connectivity index (χ1n) is 6.83. The lowest BCUT2D eigenvalue weighted by molar-refractivity contribution is 0.306. The Morgan fingerprint density at radius 2 is 1.65 bits per heavy atom. The number of hydrogen-bond acceptors (Lipinski definition) is 2. The fraction of sp³-hybridized carbons (Fsp3) is 0.235. The van der Waals surface area contributed by atoms with E-state index < -0.39 is 0 Å². The van der Waals surface area contributed by atoms with Crippen molar-refractivity contribution in [3.8, 4) is 5.75 Å². The zero-order valence-electron chi connectivity index (χ0n) is 11.4. The molecule has 2 aromatic carbocycles. The first kappa shape index (κ1) is 14.5. The summed E-state index contributed by atoms with van der Waals surface area (Å²) in [4.78, 5) is 0.380. The molecule has 0 aliphatic rings. The van der Waals surface area contributed by atoms with Crippen molar-refractivity contribution in [2.45, 2.75) is 19.3 Å². The molecule has 2 aromatic rings. The Labute approximate surface area is 125 Å². The van der Waals surface area contributed by atoms with E-state index in [1.165, 1.54) is 5.56 Å². The zero-order valence-corrected chi connectivity index (χ0v) is 12.2. The molecule has 0 unspecified atom stereocenters. The van der Waals surface area contributed by atoms with Crippen LogP contribution in [0.3, 0.4) is 0 Å². The van der Waals surface area contributed by atoms with Crippen LogP contribution >= 0.6 is 12.2 Å². The monoisotopic (exact) mass is 285 g/mol. The van der Waals surface area contributed by atoms with Crippen molar-refractivity contribution in [3.63, 3.8) is 0 Å². The SMILES string of the molecule is NC(=S)c1ccccc1OCCCCc1ccccc1. The van der Waals surface area contributed by atoms with E-state index in [4.69, 9.17) is 22.7 Å². The van der Waals surface area contributed by atoms with Crippen LogP contribution in [0.25, 0.3) is 0 Å². The first-order valence-corrected chi connectivity index (χ1v) is 7.24. The molecule has 0 saturated carbocycles. The van der Waals surface area contributed by atoms with E-state index in [0.717, 1.165) is 30.6 Å². The Kier molecular flexibility index (Phi) is 5.56. The number of unbranched alkanes of at least 4 members (excludes halogenated alkanes) is 1. The second-order valence-corrected chi connectivity index (χ2v) is 5.09. The molecule has 0 heterocycles. The van der Waals surface area contributed by atoms with Gasteiger partial charge in [-0.3, -0.25) is 0 Å². The third kappa shape index (κ3) is 4.35. The summed E-state index contributed by atoms with van der Waals surface area (Å²) < 4.78 is 5.77. The Morgan fingerprint density at radius 1 is 0.950 bits per heavy atom. The lowest BCUT2D eigenvalue weighted by Gasteiger charge is -2.10. The maximum Gasteiger partial charge on any atom is 0.129 e. The molecule has 2 nitrogen and oxygen atoms in total. The van der Waals surface area contributed by atoms with Gasteiger partial charge in [-0.05, 0) is 37.0 Å². The second kappa shape index (κ2) is 7.65. The first-order chi connectivity index (χ1) is 9.77. The molecule has 104 valence electrons. The van der Waals surface area contributed by atoms with Crippen LogP contribution in [0.2, 0.25) is 0 Å². The summed E-state index contributed by atoms with van der Waals surface area (Å²) in [6.45, 7) is 0.687. The van der Waals surface area contributed by atoms with Gasteiger partial charge in [0.05, 0.1) is 12.2 Å². The molecular formula is C17H19NOS. The van der Waals surface area contributed by atoms with Crippen molar-refractivity contribution in [3.05, 3.63) is 65.7 Å². The quantitative estimate of drug-likeness (QED) is 0.622. The molecule has 0 aliphatic carbocycles. The van der Waals surface area contributed by atoms with E-state index in [0.29, 0.717) is 11.6 Å². The van der Waals surface area contributed by atoms with Crippen LogP contribution in [-0.4, -0.2) is 11.6 Å². The van der Waals surface area contributed by atoms with E-state index in [1.54, 1.807) is 0 Å². The third-order valence-electron chi connectivity index (χ3n) is 3.11. The van der Waals surface area contributed by atoms with Gasteiger partial charge in [-0.1, -0.05) is 54.7 Å². The van der Waals surface area contributed by atoms with Crippen LogP contribution in [0, 0.1) is 0 Å². The van der Waals surface area contributed by atoms with Gasteiger partial charge in [0.2, 0.25) is 0 Å². The predicted molar refractivity (Wildman–Crippen MR) is 87.2 cm³/mol. The molecule has 0 saturated heterocycles. The van der Waals surface area contributed by atoms with Gasteiger partial charge in [0.1, 0.15) is 10.7 Å². The van der Waals surface area contributed by atoms with Crippen LogP contribution in [0.15, 0.2) is 54.6 Å². The lowest BCUT2D eigenvalue weighted by Crippen LogP contribution is -2.12. The molecule has 0 bridgehead atoms. The van der Waals surface area contributed by atoms with Gasteiger partial charge < -0.3 is 10.5 Å². The summed E-state index contributed by atoms with van der Waals surface area (Å²) in [5, 5.41) is 0. The van der Waals surface area contributed by atoms with Crippen LogP contribution in [0.1, 0.15) is 24.0 Å². The molecule has 0 radical (unpaired) electrons. The number of benzene rings is 2. The number of rotatable bonds is 7. The average molecular weight is 285 g/mol. The molecule has 0 aliphatic heterocycles. The number of thiocarbonyl (C=S) groups is 1. The summed E-state index contributed by atoms with van der Waals surface area (Å²) in [5.74, 6) is 0.778. The minimum atomic E-state index is 0.380. The predicted octanol–water partition coefficient (Wildman–Crippen LogP) is 3.72. The minimum absolute atomic E-state index is 0.380. The maximum atomic E-state index is 5.77. The van der Waals surface area contributed by atoms with Crippen molar-refractivity contribution >= 4 is 17.2 Å². The number of para-hydroxylation sites is 1. The van der Waals surface area contributed by atoms with Crippen LogP contribution in [-0.2, 0) is 6.42 Å². The third-order valence-corrected chi connectivity index (χ3v) is 3.33. The Balaban J connectivity index is 1.75. The molecule has 20 heavy (non-hydrogen) atoms. The van der Waals surface area contributed by atoms with Gasteiger partial charge >= 0.3 is 0 Å². The molecule has 0 atom stereocenters. The fourth-order valence-electron chi connectivity index (χ4n) is 2.05. The van der Waals surface area contributed by atoms with E-state index in [2.05, 4.69) is 24.3 Å². The summed E-state index contributed by atoms with van der Waals surface area (Å²) in [6.07, 6.45) is 3.21. The highest BCUT2D eigenvalue weighted by Crippen LogP contribution is 2.18. The van der Waals surface area contributed by atoms with Gasteiger partial charge in [0.15, 0.2) is 0 Å². The van der Waals surface area contributed by atoms with Crippen LogP contribution < -0.4 is 10.5 Å². The van der Waals surface area contributed by atoms with Gasteiger partial charge in [-0.15, -0.1) is 0 Å². The molecule has 0 spiro atoms. The van der Waals surface area contributed by atoms with E-state index >= 15 is 0 Å². The Hall–Kier alpha value is -1.87. The molecule has 0 aromatic heterocycles. The van der Waals surface area contributed by atoms with Crippen molar-refractivity contribution in [1.82, 2.24) is 0 Å². The van der Waals surface area contributed by atoms with Crippen molar-refractivity contribution in [2.24, 2.45) is 5.73 Å². The summed E-state index contributed by atoms with van der Waals surface area (Å²) in [7, 11) is 0. The molecule has 2 N–H and O–H groups in total. The largest absolute Gasteiger partial charge is 0.493 e. The average Bonchev–Trinajstić information content (AvgIpc) is 2.48. The van der Waals surface area contributed by atoms with Crippen molar-refractivity contribution < 1.29 is 4.74 Å². The van der Waals surface area contributed by atoms with E-state index in [1.807, 2.05) is 30.3 Å². The highest BCUT2D eigenvalue weighted by Gasteiger charge is 2.04. The highest BCUT2D eigenvalue weighted by atomic mass is 32.1. The molecule has 3 heteroatoms. The number of nitrogens with two attached hydrogens (primary N) is 1. The standard InChI is InChI=1S/C17H19NOS/c18-17(20)15-11-4-5-12-16(15)19-13-7-6-10-14-8-2-1-3-9-14/h1-5,8-9,11-12H,6-7,10,13H2,(H2,18,20). The molecule has 2 rings (SSSR count). The zero-order chi connectivity index (χ0) is 14.2. The summed E-state index contributed by atoms with van der Waals surface area (Å²) in [6, 6.07) is 18.1. The number of ether oxygens (including phenoxy) is 1. The highest BCUT2D eigenvalue weighted by molar-refractivity contribution is 7.80. The van der Waals surface area contributed by atoms with Gasteiger partial charge in [-0.2, -0.15) is 0 Å². The summed E-state index contributed by atoms with van der Waals surface area (Å²) in [5.41, 5.74) is 7.85. The van der Waals surface area contributed by atoms with Crippen LogP contribution in [0.4, 0.5) is 0 Å². The van der Waals surface area contributed by atoms with Crippen LogP contribution in [0.5, 0.6) is 5.75 Å². The van der Waals surface area contributed by atoms with Gasteiger partial charge in [-0.25, -0.2) is 0 Å². The molecule has 0 amide bonds. The summed E-state index contributed by atoms with van der Waals surface area (Å²) >= 11 is 5.01. The second-order valence-electron chi connectivity index (χ2n) is 4.65. The fourth-order valence-corrected chi connectivity index (χ4v) is 2.22. The van der Waals surface area contributed by atoms with Crippen molar-refractivity contribution in [2.75, 3.05) is 6.61 Å². The van der Waals surface area contributed by atoms with Gasteiger partial charge in [0, 0.05) is 0 Å². The minimum Gasteiger partial charge on any atom is -0.493 e. The van der Waals surface area contributed by atoms with E-state index in [9.17, 15) is 0 Å². The van der Waals surface area contributed by atoms with Crippen molar-refractivity contribution in [1.29, 1.82) is 0 Å². The maximum absolute atomic E-state index is 5.77. The lowest BCUT2D eigenvalue weighted by atomic mass is 10.1. The molecular weight excluding hydrogens is 266 g/mol. The van der Waals surface area contributed by atoms with E-state index in [-0.39, 0.29) is 0 Å². The molecule has 0 fully saturated rings.